The fourth-order valence-electron chi connectivity index (χ4n) is 7.53. The summed E-state index contributed by atoms with van der Waals surface area (Å²) in [6.45, 7) is 4.71. The molecule has 0 N–H and O–H groups in total. The number of hydrogen-bond donors (Lipinski definition) is 0. The van der Waals surface area contributed by atoms with Gasteiger partial charge in [0.05, 0.1) is 11.4 Å². The Morgan fingerprint density at radius 3 is 1.51 bits per heavy atom. The fraction of sp³-hybridized carbons (Fsp3) is 0.0638. The molecule has 2 nitrogen and oxygen atoms in total. The van der Waals surface area contributed by atoms with Crippen LogP contribution in [-0.2, 0) is 5.41 Å². The molecule has 0 saturated carbocycles. The standard InChI is InChI=1S/C47H34N2/c1-47(2)41-20-12-11-19-39(41)45-38-18-10-9-17-37(38)40(29-42(45)47)33-23-27-35(28-24-33)44-30-43(48-46(49-44)36-15-7-4-8-16-36)34-25-21-32(22-26-34)31-13-5-3-6-14-31/h3-30H,1-2H3. The zero-order valence-electron chi connectivity index (χ0n) is 27.6. The zero-order chi connectivity index (χ0) is 33.0. The third-order valence-corrected chi connectivity index (χ3v) is 10.1. The summed E-state index contributed by atoms with van der Waals surface area (Å²) >= 11 is 0. The minimum Gasteiger partial charge on any atom is -0.228 e. The molecule has 0 unspecified atom stereocenters. The van der Waals surface area contributed by atoms with Crippen LogP contribution in [0.3, 0.4) is 0 Å². The Balaban J connectivity index is 1.14. The van der Waals surface area contributed by atoms with Gasteiger partial charge in [0, 0.05) is 22.1 Å². The molecule has 1 heterocycles. The monoisotopic (exact) mass is 626 g/mol. The van der Waals surface area contributed by atoms with Crippen LogP contribution in [0.15, 0.2) is 170 Å². The highest BCUT2D eigenvalue weighted by atomic mass is 14.9. The molecule has 9 rings (SSSR count). The van der Waals surface area contributed by atoms with Crippen LogP contribution >= 0.6 is 0 Å². The summed E-state index contributed by atoms with van der Waals surface area (Å²) in [4.78, 5) is 10.1. The maximum Gasteiger partial charge on any atom is 0.160 e. The molecule has 0 aliphatic heterocycles. The lowest BCUT2D eigenvalue weighted by Gasteiger charge is -2.23. The maximum absolute atomic E-state index is 5.10. The minimum absolute atomic E-state index is 0.0743. The van der Waals surface area contributed by atoms with Gasteiger partial charge in [-0.2, -0.15) is 0 Å². The van der Waals surface area contributed by atoms with Crippen molar-refractivity contribution in [3.8, 4) is 67.3 Å². The van der Waals surface area contributed by atoms with Crippen molar-refractivity contribution in [1.29, 1.82) is 0 Å². The van der Waals surface area contributed by atoms with Crippen LogP contribution in [0.5, 0.6) is 0 Å². The Morgan fingerprint density at radius 1 is 0.367 bits per heavy atom. The molecule has 1 aliphatic carbocycles. The third kappa shape index (κ3) is 4.96. The highest BCUT2D eigenvalue weighted by Crippen LogP contribution is 2.53. The largest absolute Gasteiger partial charge is 0.228 e. The molecule has 49 heavy (non-hydrogen) atoms. The summed E-state index contributed by atoms with van der Waals surface area (Å²) in [6, 6.07) is 60.6. The van der Waals surface area contributed by atoms with E-state index in [-0.39, 0.29) is 5.41 Å². The zero-order valence-corrected chi connectivity index (χ0v) is 27.6. The van der Waals surface area contributed by atoms with Crippen LogP contribution in [0, 0.1) is 0 Å². The van der Waals surface area contributed by atoms with Gasteiger partial charge in [-0.25, -0.2) is 9.97 Å². The molecular formula is C47H34N2. The van der Waals surface area contributed by atoms with E-state index >= 15 is 0 Å². The molecule has 232 valence electrons. The van der Waals surface area contributed by atoms with Gasteiger partial charge in [0.2, 0.25) is 0 Å². The van der Waals surface area contributed by atoms with Crippen LogP contribution in [0.2, 0.25) is 0 Å². The van der Waals surface area contributed by atoms with Crippen LogP contribution in [0.25, 0.3) is 78.1 Å². The Bertz CT molecular complexity index is 2480. The van der Waals surface area contributed by atoms with Crippen molar-refractivity contribution in [2.45, 2.75) is 19.3 Å². The van der Waals surface area contributed by atoms with Gasteiger partial charge >= 0.3 is 0 Å². The van der Waals surface area contributed by atoms with Crippen LogP contribution in [0.4, 0.5) is 0 Å². The van der Waals surface area contributed by atoms with E-state index in [4.69, 9.17) is 9.97 Å². The van der Waals surface area contributed by atoms with Crippen LogP contribution in [0.1, 0.15) is 25.0 Å². The molecular weight excluding hydrogens is 593 g/mol. The lowest BCUT2D eigenvalue weighted by atomic mass is 9.80. The van der Waals surface area contributed by atoms with Gasteiger partial charge in [0.1, 0.15) is 0 Å². The summed E-state index contributed by atoms with van der Waals surface area (Å²) in [5.41, 5.74) is 15.2. The van der Waals surface area contributed by atoms with E-state index in [0.29, 0.717) is 0 Å². The van der Waals surface area contributed by atoms with Crippen molar-refractivity contribution >= 4 is 10.8 Å². The van der Waals surface area contributed by atoms with Gasteiger partial charge in [-0.15, -0.1) is 0 Å². The van der Waals surface area contributed by atoms with Crippen molar-refractivity contribution in [2.24, 2.45) is 0 Å². The van der Waals surface area contributed by atoms with Crippen molar-refractivity contribution in [2.75, 3.05) is 0 Å². The van der Waals surface area contributed by atoms with Crippen LogP contribution in [-0.4, -0.2) is 9.97 Å². The second kappa shape index (κ2) is 11.5. The molecule has 0 radical (unpaired) electrons. The highest BCUT2D eigenvalue weighted by Gasteiger charge is 2.36. The van der Waals surface area contributed by atoms with E-state index in [9.17, 15) is 0 Å². The average Bonchev–Trinajstić information content (AvgIpc) is 3.41. The first-order valence-electron chi connectivity index (χ1n) is 16.9. The van der Waals surface area contributed by atoms with E-state index in [2.05, 4.69) is 159 Å². The summed E-state index contributed by atoms with van der Waals surface area (Å²) in [6.07, 6.45) is 0. The van der Waals surface area contributed by atoms with E-state index in [1.165, 1.54) is 55.3 Å². The number of benzene rings is 7. The quantitative estimate of drug-likeness (QED) is 0.190. The smallest absolute Gasteiger partial charge is 0.160 e. The lowest BCUT2D eigenvalue weighted by molar-refractivity contribution is 0.661. The van der Waals surface area contributed by atoms with E-state index in [0.717, 1.165) is 33.9 Å². The summed E-state index contributed by atoms with van der Waals surface area (Å²) in [7, 11) is 0. The molecule has 0 spiro atoms. The van der Waals surface area contributed by atoms with Crippen LogP contribution < -0.4 is 0 Å². The molecule has 2 heteroatoms. The molecule has 1 aliphatic rings. The van der Waals surface area contributed by atoms with Crippen molar-refractivity contribution in [3.05, 3.63) is 181 Å². The molecule has 0 atom stereocenters. The summed E-state index contributed by atoms with van der Waals surface area (Å²) in [5.74, 6) is 0.718. The minimum atomic E-state index is -0.0743. The molecule has 0 saturated heterocycles. The Labute approximate surface area is 287 Å². The predicted molar refractivity (Wildman–Crippen MR) is 204 cm³/mol. The molecule has 0 amide bonds. The normalized spacial score (nSPS) is 12.9. The van der Waals surface area contributed by atoms with Crippen molar-refractivity contribution in [3.63, 3.8) is 0 Å². The van der Waals surface area contributed by atoms with E-state index < -0.39 is 0 Å². The van der Waals surface area contributed by atoms with E-state index in [1.807, 2.05) is 24.3 Å². The maximum atomic E-state index is 5.10. The van der Waals surface area contributed by atoms with Gasteiger partial charge in [0.15, 0.2) is 5.82 Å². The van der Waals surface area contributed by atoms with Gasteiger partial charge < -0.3 is 0 Å². The second-order valence-corrected chi connectivity index (χ2v) is 13.4. The number of nitrogens with zero attached hydrogens (tertiary/aromatic N) is 2. The Kier molecular flexibility index (Phi) is 6.84. The molecule has 0 bridgehead atoms. The topological polar surface area (TPSA) is 25.8 Å². The lowest BCUT2D eigenvalue weighted by Crippen LogP contribution is -2.15. The SMILES string of the molecule is CC1(C)c2ccccc2-c2c1cc(-c1ccc(-c3cc(-c4ccc(-c5ccccc5)cc4)nc(-c4ccccc4)n3)cc1)c1ccccc21. The summed E-state index contributed by atoms with van der Waals surface area (Å²) < 4.78 is 0. The molecule has 7 aromatic carbocycles. The van der Waals surface area contributed by atoms with Crippen molar-refractivity contribution in [1.82, 2.24) is 9.97 Å². The third-order valence-electron chi connectivity index (χ3n) is 10.1. The molecule has 0 fully saturated rings. The van der Waals surface area contributed by atoms with Gasteiger partial charge in [-0.05, 0) is 67.4 Å². The first-order chi connectivity index (χ1) is 24.0. The molecule has 8 aromatic rings. The Hall–Kier alpha value is -6.12. The Morgan fingerprint density at radius 2 is 0.857 bits per heavy atom. The number of rotatable bonds is 5. The first-order valence-corrected chi connectivity index (χ1v) is 16.9. The molecule has 1 aromatic heterocycles. The van der Waals surface area contributed by atoms with Gasteiger partial charge in [-0.3, -0.25) is 0 Å². The summed E-state index contributed by atoms with van der Waals surface area (Å²) in [5, 5.41) is 2.58. The number of hydrogen-bond acceptors (Lipinski definition) is 2. The first kappa shape index (κ1) is 29.1. The van der Waals surface area contributed by atoms with Gasteiger partial charge in [-0.1, -0.05) is 172 Å². The van der Waals surface area contributed by atoms with E-state index in [1.54, 1.807) is 0 Å². The fourth-order valence-corrected chi connectivity index (χ4v) is 7.53. The second-order valence-electron chi connectivity index (χ2n) is 13.4. The van der Waals surface area contributed by atoms with Gasteiger partial charge in [0.25, 0.3) is 0 Å². The number of fused-ring (bicyclic) bond motifs is 5. The number of aromatic nitrogens is 2. The average molecular weight is 627 g/mol. The highest BCUT2D eigenvalue weighted by molar-refractivity contribution is 6.09. The predicted octanol–water partition coefficient (Wildman–Crippen LogP) is 12.3. The van der Waals surface area contributed by atoms with Crippen molar-refractivity contribution < 1.29 is 0 Å².